The number of hydrogen-bond acceptors (Lipinski definition) is 5. The minimum atomic E-state index is -4.86. The highest BCUT2D eigenvalue weighted by Gasteiger charge is 2.52. The van der Waals surface area contributed by atoms with Gasteiger partial charge in [-0.25, -0.2) is 13.6 Å². The van der Waals surface area contributed by atoms with Crippen molar-refractivity contribution in [3.05, 3.63) is 0 Å². The third kappa shape index (κ3) is 4.79. The fraction of sp³-hybridized carbons (Fsp3) is 0.889. The molecule has 0 radical (unpaired) electrons. The summed E-state index contributed by atoms with van der Waals surface area (Å²) in [6.07, 6.45) is -8.33. The molecular formula is C18H25F5N2O5. The van der Waals surface area contributed by atoms with Crippen molar-refractivity contribution in [1.82, 2.24) is 9.80 Å². The molecule has 0 aromatic rings. The summed E-state index contributed by atoms with van der Waals surface area (Å²) in [7, 11) is 1.56. The highest BCUT2D eigenvalue weighted by Crippen LogP contribution is 2.44. The third-order valence-electron chi connectivity index (χ3n) is 6.23. The van der Waals surface area contributed by atoms with E-state index in [1.54, 1.807) is 7.05 Å². The maximum atomic E-state index is 13.0. The second kappa shape index (κ2) is 8.10. The molecule has 1 aliphatic carbocycles. The van der Waals surface area contributed by atoms with E-state index in [9.17, 15) is 31.5 Å². The molecule has 1 saturated carbocycles. The molecule has 0 aromatic heterocycles. The molecule has 0 unspecified atom stereocenters. The van der Waals surface area contributed by atoms with Gasteiger partial charge in [-0.3, -0.25) is 4.79 Å². The largest absolute Gasteiger partial charge is 0.434 e. The number of alkyl halides is 5. The average molecular weight is 444 g/mol. The Balaban J connectivity index is 1.49. The van der Waals surface area contributed by atoms with Crippen molar-refractivity contribution in [2.75, 3.05) is 33.4 Å². The maximum Gasteiger partial charge on any atom is 0.427 e. The van der Waals surface area contributed by atoms with Gasteiger partial charge in [0.05, 0.1) is 24.9 Å². The Morgan fingerprint density at radius 2 is 1.83 bits per heavy atom. The second-order valence-electron chi connectivity index (χ2n) is 8.35. The summed E-state index contributed by atoms with van der Waals surface area (Å²) in [5.41, 5.74) is -0.625. The van der Waals surface area contributed by atoms with Crippen LogP contribution in [0.25, 0.3) is 0 Å². The van der Waals surface area contributed by atoms with Gasteiger partial charge in [-0.2, -0.15) is 13.2 Å². The highest BCUT2D eigenvalue weighted by molar-refractivity contribution is 5.80. The van der Waals surface area contributed by atoms with Gasteiger partial charge in [-0.05, 0) is 19.3 Å². The zero-order valence-corrected chi connectivity index (χ0v) is 16.5. The number of carbonyl (C=O) groups excluding carboxylic acids is 2. The van der Waals surface area contributed by atoms with Gasteiger partial charge in [0.2, 0.25) is 17.9 Å². The first-order valence-electron chi connectivity index (χ1n) is 9.77. The number of likely N-dealkylation sites (tertiary alicyclic amines) is 1. The van der Waals surface area contributed by atoms with Crippen LogP contribution in [0.5, 0.6) is 0 Å². The van der Waals surface area contributed by atoms with Crippen molar-refractivity contribution in [3.8, 4) is 0 Å². The number of amides is 2. The maximum absolute atomic E-state index is 13.0. The molecule has 2 heterocycles. The molecule has 1 spiro atoms. The summed E-state index contributed by atoms with van der Waals surface area (Å²) in [6, 6.07) is -0.283. The molecule has 172 valence electrons. The smallest absolute Gasteiger partial charge is 0.427 e. The number of aliphatic hydroxyl groups is 1. The molecule has 0 aromatic carbocycles. The molecule has 12 heteroatoms. The molecule has 3 rings (SSSR count). The van der Waals surface area contributed by atoms with E-state index >= 15 is 0 Å². The summed E-state index contributed by atoms with van der Waals surface area (Å²) in [5.74, 6) is -3.81. The van der Waals surface area contributed by atoms with E-state index in [0.717, 1.165) is 4.90 Å². The van der Waals surface area contributed by atoms with E-state index in [2.05, 4.69) is 4.74 Å². The number of halogens is 5. The molecule has 1 N–H and O–H groups in total. The Labute approximate surface area is 170 Å². The van der Waals surface area contributed by atoms with Gasteiger partial charge in [0.1, 0.15) is 0 Å². The monoisotopic (exact) mass is 444 g/mol. The second-order valence-corrected chi connectivity index (χ2v) is 8.35. The molecule has 7 nitrogen and oxygen atoms in total. The van der Waals surface area contributed by atoms with Crippen molar-refractivity contribution < 1.29 is 46.1 Å². The average Bonchev–Trinajstić information content (AvgIpc) is 3.05. The fourth-order valence-electron chi connectivity index (χ4n) is 4.22. The summed E-state index contributed by atoms with van der Waals surface area (Å²) in [5, 5.41) is 8.78. The van der Waals surface area contributed by atoms with Crippen molar-refractivity contribution >= 4 is 12.0 Å². The van der Waals surface area contributed by atoms with E-state index in [1.165, 1.54) is 4.90 Å². The van der Waals surface area contributed by atoms with E-state index in [1.807, 2.05) is 0 Å². The highest BCUT2D eigenvalue weighted by atomic mass is 19.4. The molecule has 2 atom stereocenters. The van der Waals surface area contributed by atoms with Crippen molar-refractivity contribution in [2.45, 2.75) is 61.9 Å². The van der Waals surface area contributed by atoms with Gasteiger partial charge < -0.3 is 24.4 Å². The SMILES string of the molecule is CN(C(=O)C1CC(F)(F)C1)[C@H]1COC2(CCN(C(=O)O[C@H](CO)C(F)(F)F)CC2)C1. The Hall–Kier alpha value is -1.69. The van der Waals surface area contributed by atoms with E-state index in [0.29, 0.717) is 19.3 Å². The standard InChI is InChI=1S/C18H25F5N2O5/c1-24(14(27)11-6-17(19,20)7-11)12-8-16(29-10-12)2-4-25(5-3-16)15(28)30-13(9-26)18(21,22)23/h11-13,26H,2-10H2,1H3/t12-,13-/m1/s1. The van der Waals surface area contributed by atoms with E-state index in [-0.39, 0.29) is 31.6 Å². The predicted molar refractivity (Wildman–Crippen MR) is 91.7 cm³/mol. The Morgan fingerprint density at radius 1 is 1.23 bits per heavy atom. The lowest BCUT2D eigenvalue weighted by Gasteiger charge is -2.39. The van der Waals surface area contributed by atoms with Crippen LogP contribution in [0.2, 0.25) is 0 Å². The first-order chi connectivity index (χ1) is 13.9. The molecule has 2 amide bonds. The van der Waals surface area contributed by atoms with Gasteiger partial charge in [0.15, 0.2) is 0 Å². The van der Waals surface area contributed by atoms with Crippen molar-refractivity contribution in [1.29, 1.82) is 0 Å². The quantitative estimate of drug-likeness (QED) is 0.673. The molecule has 2 aliphatic heterocycles. The van der Waals surface area contributed by atoms with Crippen molar-refractivity contribution in [2.24, 2.45) is 5.92 Å². The van der Waals surface area contributed by atoms with Crippen LogP contribution in [0.4, 0.5) is 26.7 Å². The number of aliphatic hydroxyl groups excluding tert-OH is 1. The predicted octanol–water partition coefficient (Wildman–Crippen LogP) is 2.17. The van der Waals surface area contributed by atoms with Crippen LogP contribution in [0.3, 0.4) is 0 Å². The fourth-order valence-corrected chi connectivity index (χ4v) is 4.22. The van der Waals surface area contributed by atoms with Gasteiger partial charge in [-0.1, -0.05) is 0 Å². The molecular weight excluding hydrogens is 419 g/mol. The van der Waals surface area contributed by atoms with Gasteiger partial charge in [-0.15, -0.1) is 0 Å². The summed E-state index contributed by atoms with van der Waals surface area (Å²) >= 11 is 0. The zero-order valence-electron chi connectivity index (χ0n) is 16.5. The Bertz CT molecular complexity index is 658. The number of nitrogens with zero attached hydrogens (tertiary/aromatic N) is 2. The van der Waals surface area contributed by atoms with Gasteiger partial charge >= 0.3 is 12.3 Å². The minimum Gasteiger partial charge on any atom is -0.434 e. The van der Waals surface area contributed by atoms with Gasteiger partial charge in [0.25, 0.3) is 0 Å². The van der Waals surface area contributed by atoms with Crippen LogP contribution in [-0.4, -0.2) is 90.1 Å². The number of hydrogen-bond donors (Lipinski definition) is 1. The Kier molecular flexibility index (Phi) is 6.21. The molecule has 3 fully saturated rings. The van der Waals surface area contributed by atoms with Crippen LogP contribution in [-0.2, 0) is 14.3 Å². The van der Waals surface area contributed by atoms with E-state index in [4.69, 9.17) is 9.84 Å². The lowest BCUT2D eigenvalue weighted by atomic mass is 9.80. The van der Waals surface area contributed by atoms with Crippen LogP contribution >= 0.6 is 0 Å². The first-order valence-corrected chi connectivity index (χ1v) is 9.77. The number of likely N-dealkylation sites (N-methyl/N-ethyl adjacent to an activating group) is 1. The summed E-state index contributed by atoms with van der Waals surface area (Å²) < 4.78 is 74.3. The van der Waals surface area contributed by atoms with Crippen LogP contribution in [0.15, 0.2) is 0 Å². The first kappa shape index (κ1) is 23.0. The van der Waals surface area contributed by atoms with Crippen molar-refractivity contribution in [3.63, 3.8) is 0 Å². The van der Waals surface area contributed by atoms with Crippen LogP contribution in [0.1, 0.15) is 32.1 Å². The molecule has 30 heavy (non-hydrogen) atoms. The van der Waals surface area contributed by atoms with Gasteiger partial charge in [0, 0.05) is 38.9 Å². The topological polar surface area (TPSA) is 79.3 Å². The summed E-state index contributed by atoms with van der Waals surface area (Å²) in [4.78, 5) is 26.9. The molecule has 2 saturated heterocycles. The minimum absolute atomic E-state index is 0.105. The third-order valence-corrected chi connectivity index (χ3v) is 6.23. The van der Waals surface area contributed by atoms with E-state index < -0.39 is 55.3 Å². The molecule has 0 bridgehead atoms. The Morgan fingerprint density at radius 3 is 2.33 bits per heavy atom. The molecule has 3 aliphatic rings. The summed E-state index contributed by atoms with van der Waals surface area (Å²) in [6.45, 7) is -0.913. The number of rotatable bonds is 4. The zero-order chi connectivity index (χ0) is 22.3. The number of piperidine rings is 1. The number of carbonyl (C=O) groups is 2. The normalized spacial score (nSPS) is 26.9. The lowest BCUT2D eigenvalue weighted by molar-refractivity contribution is -0.215. The van der Waals surface area contributed by atoms with Crippen LogP contribution in [0, 0.1) is 5.92 Å². The lowest BCUT2D eigenvalue weighted by Crippen LogP contribution is -2.50. The van der Waals surface area contributed by atoms with Crippen LogP contribution < -0.4 is 0 Å². The number of ether oxygens (including phenoxy) is 2.